The highest BCUT2D eigenvalue weighted by atomic mass is 17.2. The van der Waals surface area contributed by atoms with Crippen LogP contribution in [-0.4, -0.2) is 30.4 Å². The Morgan fingerprint density at radius 3 is 2.11 bits per heavy atom. The van der Waals surface area contributed by atoms with E-state index in [1.807, 2.05) is 13.8 Å². The zero-order valence-corrected chi connectivity index (χ0v) is 22.8. The second-order valence-corrected chi connectivity index (χ2v) is 9.86. The number of unbranched alkanes of at least 4 members (excludes halogenated alkanes) is 5. The molecular formula is C31H42O6. The standard InChI is InChI=1S/C31H42O6/c1-5-7-9-13-17-28(35-20-14-8-6-2)29(32)26-19-18-25(21-23(3)4)27(22-26)31(34)37-36-30(33)24-15-11-10-12-16-24/h10-12,15-16,18-19,22-23,28H,5-9,13-14,17,20-21H2,1-4H3. The van der Waals surface area contributed by atoms with Crippen molar-refractivity contribution in [3.8, 4) is 0 Å². The van der Waals surface area contributed by atoms with Gasteiger partial charge in [0.15, 0.2) is 5.78 Å². The fourth-order valence-electron chi connectivity index (χ4n) is 4.09. The van der Waals surface area contributed by atoms with Gasteiger partial charge in [0.1, 0.15) is 6.10 Å². The Labute approximate surface area is 221 Å². The summed E-state index contributed by atoms with van der Waals surface area (Å²) in [5.41, 5.74) is 1.62. The second-order valence-electron chi connectivity index (χ2n) is 9.86. The van der Waals surface area contributed by atoms with Crippen LogP contribution in [0.1, 0.15) is 116 Å². The minimum absolute atomic E-state index is 0.139. The first-order valence-corrected chi connectivity index (χ1v) is 13.6. The maximum atomic E-state index is 13.5. The number of hydrogen-bond donors (Lipinski definition) is 0. The first kappa shape index (κ1) is 30.2. The van der Waals surface area contributed by atoms with Crippen LogP contribution in [0.25, 0.3) is 0 Å². The summed E-state index contributed by atoms with van der Waals surface area (Å²) in [6.07, 6.45) is 7.95. The van der Waals surface area contributed by atoms with Crippen LogP contribution < -0.4 is 0 Å². The van der Waals surface area contributed by atoms with Crippen molar-refractivity contribution in [2.45, 2.75) is 91.6 Å². The highest BCUT2D eigenvalue weighted by Crippen LogP contribution is 2.21. The summed E-state index contributed by atoms with van der Waals surface area (Å²) < 4.78 is 6.03. The number of carbonyl (C=O) groups is 3. The summed E-state index contributed by atoms with van der Waals surface area (Å²) in [5, 5.41) is 0. The predicted octanol–water partition coefficient (Wildman–Crippen LogP) is 7.54. The van der Waals surface area contributed by atoms with E-state index in [1.54, 1.807) is 48.5 Å². The summed E-state index contributed by atoms with van der Waals surface area (Å²) in [5.74, 6) is -1.44. The number of hydrogen-bond acceptors (Lipinski definition) is 6. The summed E-state index contributed by atoms with van der Waals surface area (Å²) in [6, 6.07) is 13.4. The molecule has 2 rings (SSSR count). The van der Waals surface area contributed by atoms with Crippen LogP contribution in [0.3, 0.4) is 0 Å². The first-order valence-electron chi connectivity index (χ1n) is 13.6. The molecule has 6 heteroatoms. The van der Waals surface area contributed by atoms with Crippen LogP contribution in [0.5, 0.6) is 0 Å². The van der Waals surface area contributed by atoms with Gasteiger partial charge in [-0.1, -0.05) is 96.6 Å². The number of ether oxygens (including phenoxy) is 1. The quantitative estimate of drug-likeness (QED) is 0.100. The van der Waals surface area contributed by atoms with Gasteiger partial charge in [-0.2, -0.15) is 0 Å². The summed E-state index contributed by atoms with van der Waals surface area (Å²) in [6.45, 7) is 8.90. The maximum Gasteiger partial charge on any atom is 0.386 e. The lowest BCUT2D eigenvalue weighted by Crippen LogP contribution is -2.26. The molecule has 202 valence electrons. The van der Waals surface area contributed by atoms with Crippen molar-refractivity contribution in [1.29, 1.82) is 0 Å². The van der Waals surface area contributed by atoms with Gasteiger partial charge >= 0.3 is 11.9 Å². The van der Waals surface area contributed by atoms with Gasteiger partial charge in [-0.15, -0.1) is 0 Å². The molecule has 0 aromatic heterocycles. The van der Waals surface area contributed by atoms with E-state index in [9.17, 15) is 14.4 Å². The van der Waals surface area contributed by atoms with Gasteiger partial charge in [0.05, 0.1) is 11.1 Å². The Balaban J connectivity index is 2.21. The van der Waals surface area contributed by atoms with Gasteiger partial charge in [-0.05, 0) is 48.9 Å². The molecule has 1 atom stereocenters. The van der Waals surface area contributed by atoms with Gasteiger partial charge in [0.2, 0.25) is 0 Å². The van der Waals surface area contributed by atoms with Gasteiger partial charge in [0, 0.05) is 12.2 Å². The molecule has 0 bridgehead atoms. The monoisotopic (exact) mass is 510 g/mol. The number of benzene rings is 2. The molecule has 37 heavy (non-hydrogen) atoms. The largest absolute Gasteiger partial charge is 0.386 e. The average Bonchev–Trinajstić information content (AvgIpc) is 2.90. The molecule has 0 saturated carbocycles. The molecule has 1 unspecified atom stereocenters. The number of ketones is 1. The first-order chi connectivity index (χ1) is 17.9. The molecule has 0 aliphatic rings. The zero-order chi connectivity index (χ0) is 27.0. The van der Waals surface area contributed by atoms with Crippen molar-refractivity contribution in [2.24, 2.45) is 5.92 Å². The number of Topliss-reactive ketones (excluding diaryl/α,β-unsaturated/α-hetero) is 1. The molecule has 0 radical (unpaired) electrons. The van der Waals surface area contributed by atoms with Gasteiger partial charge in [0.25, 0.3) is 0 Å². The van der Waals surface area contributed by atoms with Crippen LogP contribution in [0.2, 0.25) is 0 Å². The molecule has 0 saturated heterocycles. The fraction of sp³-hybridized carbons (Fsp3) is 0.516. The van der Waals surface area contributed by atoms with E-state index < -0.39 is 18.0 Å². The summed E-state index contributed by atoms with van der Waals surface area (Å²) in [7, 11) is 0. The minimum Gasteiger partial charge on any atom is -0.370 e. The number of rotatable bonds is 16. The molecule has 0 aliphatic carbocycles. The minimum atomic E-state index is -0.807. The molecule has 6 nitrogen and oxygen atoms in total. The topological polar surface area (TPSA) is 78.9 Å². The van der Waals surface area contributed by atoms with Crippen LogP contribution >= 0.6 is 0 Å². The van der Waals surface area contributed by atoms with Crippen molar-refractivity contribution >= 4 is 17.7 Å². The smallest absolute Gasteiger partial charge is 0.370 e. The van der Waals surface area contributed by atoms with E-state index in [0.29, 0.717) is 25.0 Å². The lowest BCUT2D eigenvalue weighted by molar-refractivity contribution is -0.187. The van der Waals surface area contributed by atoms with Crippen LogP contribution in [0, 0.1) is 5.92 Å². The predicted molar refractivity (Wildman–Crippen MR) is 145 cm³/mol. The van der Waals surface area contributed by atoms with Crippen molar-refractivity contribution in [3.05, 3.63) is 70.8 Å². The summed E-state index contributed by atoms with van der Waals surface area (Å²) in [4.78, 5) is 48.4. The Morgan fingerprint density at radius 2 is 1.43 bits per heavy atom. The maximum absolute atomic E-state index is 13.5. The highest BCUT2D eigenvalue weighted by molar-refractivity contribution is 6.02. The third-order valence-corrected chi connectivity index (χ3v) is 6.12. The SMILES string of the molecule is CCCCCCC(OCCCCC)C(=O)c1ccc(CC(C)C)c(C(=O)OOC(=O)c2ccccc2)c1. The molecule has 0 fully saturated rings. The third-order valence-electron chi connectivity index (χ3n) is 6.12. The molecule has 0 spiro atoms. The van der Waals surface area contributed by atoms with E-state index in [1.165, 1.54) is 0 Å². The Hall–Kier alpha value is -2.99. The molecule has 0 heterocycles. The zero-order valence-electron chi connectivity index (χ0n) is 22.8. The van der Waals surface area contributed by atoms with Crippen LogP contribution in [-0.2, 0) is 20.9 Å². The van der Waals surface area contributed by atoms with Crippen LogP contribution in [0.15, 0.2) is 48.5 Å². The lowest BCUT2D eigenvalue weighted by atomic mass is 9.93. The van der Waals surface area contributed by atoms with Crippen molar-refractivity contribution in [2.75, 3.05) is 6.61 Å². The molecule has 2 aromatic rings. The Bertz CT molecular complexity index is 970. The molecular weight excluding hydrogens is 468 g/mol. The normalized spacial score (nSPS) is 11.8. The van der Waals surface area contributed by atoms with E-state index in [0.717, 1.165) is 50.5 Å². The molecule has 2 aromatic carbocycles. The highest BCUT2D eigenvalue weighted by Gasteiger charge is 2.24. The van der Waals surface area contributed by atoms with Crippen LogP contribution in [0.4, 0.5) is 0 Å². The van der Waals surface area contributed by atoms with Crippen molar-refractivity contribution in [3.63, 3.8) is 0 Å². The Morgan fingerprint density at radius 1 is 0.757 bits per heavy atom. The van der Waals surface area contributed by atoms with Gasteiger partial charge in [-0.25, -0.2) is 19.4 Å². The average molecular weight is 511 g/mol. The van der Waals surface area contributed by atoms with Crippen molar-refractivity contribution in [1.82, 2.24) is 0 Å². The van der Waals surface area contributed by atoms with E-state index >= 15 is 0 Å². The molecule has 0 aliphatic heterocycles. The molecule has 0 N–H and O–H groups in total. The van der Waals surface area contributed by atoms with E-state index in [2.05, 4.69) is 13.8 Å². The lowest BCUT2D eigenvalue weighted by Gasteiger charge is -2.18. The van der Waals surface area contributed by atoms with E-state index in [4.69, 9.17) is 14.5 Å². The second kappa shape index (κ2) is 16.7. The summed E-state index contributed by atoms with van der Waals surface area (Å²) >= 11 is 0. The van der Waals surface area contributed by atoms with Gasteiger partial charge < -0.3 is 4.74 Å². The fourth-order valence-corrected chi connectivity index (χ4v) is 4.09. The third kappa shape index (κ3) is 10.5. The molecule has 0 amide bonds. The van der Waals surface area contributed by atoms with E-state index in [-0.39, 0.29) is 22.8 Å². The van der Waals surface area contributed by atoms with Gasteiger partial charge in [-0.3, -0.25) is 4.79 Å². The van der Waals surface area contributed by atoms with Crippen molar-refractivity contribution < 1.29 is 28.9 Å². The Kier molecular flexibility index (Phi) is 13.6. The number of carbonyl (C=O) groups excluding carboxylic acids is 3.